The molecule has 1 saturated heterocycles. The van der Waals surface area contributed by atoms with Crippen molar-refractivity contribution in [3.8, 4) is 0 Å². The van der Waals surface area contributed by atoms with Gasteiger partial charge in [-0.3, -0.25) is 9.69 Å². The quantitative estimate of drug-likeness (QED) is 0.449. The van der Waals surface area contributed by atoms with Gasteiger partial charge in [0.05, 0.1) is 0 Å². The summed E-state index contributed by atoms with van der Waals surface area (Å²) in [5.41, 5.74) is 1.16. The number of rotatable bonds is 6. The lowest BCUT2D eigenvalue weighted by Gasteiger charge is -2.39. The zero-order chi connectivity index (χ0) is 27.3. The van der Waals surface area contributed by atoms with Crippen LogP contribution in [0.3, 0.4) is 0 Å². The summed E-state index contributed by atoms with van der Waals surface area (Å²) >= 11 is 1.70. The minimum Gasteiger partial charge on any atom is -0.475 e. The lowest BCUT2D eigenvalue weighted by molar-refractivity contribution is -0.192. The molecule has 2 aromatic heterocycles. The zero-order valence-electron chi connectivity index (χ0n) is 20.4. The number of fused-ring (bicyclic) bond motifs is 1. The van der Waals surface area contributed by atoms with Gasteiger partial charge in [-0.2, -0.15) is 13.2 Å². The Bertz CT molecular complexity index is 1250. The van der Waals surface area contributed by atoms with E-state index in [0.717, 1.165) is 63.3 Å². The number of alkyl halides is 3. The molecular formula is C25H27F4N5O3S. The number of piperidine rings is 1. The second-order valence-corrected chi connectivity index (χ2v) is 10.5. The molecule has 2 aliphatic heterocycles. The highest BCUT2D eigenvalue weighted by Gasteiger charge is 2.43. The number of carbonyl (C=O) groups excluding carboxylic acids is 1. The highest BCUT2D eigenvalue weighted by molar-refractivity contribution is 7.09. The Hall–Kier alpha value is -3.32. The Morgan fingerprint density at radius 2 is 1.87 bits per heavy atom. The van der Waals surface area contributed by atoms with Gasteiger partial charge < -0.3 is 15.0 Å². The maximum atomic E-state index is 13.5. The van der Waals surface area contributed by atoms with Gasteiger partial charge in [-0.15, -0.1) is 21.5 Å². The summed E-state index contributed by atoms with van der Waals surface area (Å²) in [7, 11) is 0. The number of carboxylic acids is 1. The second-order valence-electron chi connectivity index (χ2n) is 9.50. The van der Waals surface area contributed by atoms with Crippen LogP contribution in [0.2, 0.25) is 0 Å². The average Bonchev–Trinajstić information content (AvgIpc) is 3.58. The molecule has 0 saturated carbocycles. The summed E-state index contributed by atoms with van der Waals surface area (Å²) in [6, 6.07) is 11.0. The topological polar surface area (TPSA) is 100 Å². The first-order chi connectivity index (χ1) is 18.0. The summed E-state index contributed by atoms with van der Waals surface area (Å²) in [5, 5.41) is 20.6. The SMILES string of the molecule is O=C(NCCc1cccs1)c1nnc2n1CC1(CCN(Cc3cccc(F)c3)CC1)C2.O=C(O)C(F)(F)F. The van der Waals surface area contributed by atoms with E-state index in [0.29, 0.717) is 12.4 Å². The van der Waals surface area contributed by atoms with Crippen LogP contribution in [0, 0.1) is 11.2 Å². The van der Waals surface area contributed by atoms with E-state index in [2.05, 4.69) is 26.5 Å². The molecule has 204 valence electrons. The van der Waals surface area contributed by atoms with Gasteiger partial charge in [0.2, 0.25) is 5.82 Å². The fraction of sp³-hybridized carbons (Fsp3) is 0.440. The molecule has 2 N–H and O–H groups in total. The average molecular weight is 554 g/mol. The lowest BCUT2D eigenvalue weighted by Crippen LogP contribution is -2.41. The number of aliphatic carboxylic acids is 1. The minimum atomic E-state index is -5.08. The molecule has 0 aliphatic carbocycles. The van der Waals surface area contributed by atoms with Crippen molar-refractivity contribution < 1.29 is 32.3 Å². The maximum Gasteiger partial charge on any atom is 0.490 e. The molecule has 1 amide bonds. The Morgan fingerprint density at radius 1 is 1.13 bits per heavy atom. The molecule has 13 heteroatoms. The van der Waals surface area contributed by atoms with Crippen molar-refractivity contribution in [2.45, 2.75) is 44.9 Å². The van der Waals surface area contributed by atoms with E-state index in [1.165, 1.54) is 10.9 Å². The number of aromatic nitrogens is 3. The summed E-state index contributed by atoms with van der Waals surface area (Å²) in [6.07, 6.45) is -1.29. The molecule has 0 radical (unpaired) electrons. The molecule has 0 atom stereocenters. The standard InChI is InChI=1S/C23H26FN5OS.C2HF3O2/c24-18-4-1-3-17(13-18)15-28-10-7-23(8-11-28)14-20-26-27-21(29(20)16-23)22(30)25-9-6-19-5-2-12-31-19;3-2(4,5)1(6)7/h1-5,12-13H,6-11,14-16H2,(H,25,30);(H,6,7). The lowest BCUT2D eigenvalue weighted by atomic mass is 9.77. The van der Waals surface area contributed by atoms with E-state index in [1.807, 2.05) is 22.1 Å². The van der Waals surface area contributed by atoms with Gasteiger partial charge in [0.1, 0.15) is 11.6 Å². The van der Waals surface area contributed by atoms with Crippen LogP contribution in [0.4, 0.5) is 17.6 Å². The Kier molecular flexibility index (Phi) is 8.46. The summed E-state index contributed by atoms with van der Waals surface area (Å²) in [4.78, 5) is 25.2. The number of hydrogen-bond donors (Lipinski definition) is 2. The van der Waals surface area contributed by atoms with Crippen LogP contribution in [-0.4, -0.2) is 62.5 Å². The van der Waals surface area contributed by atoms with Crippen LogP contribution in [0.1, 0.15) is 39.7 Å². The number of carboxylic acid groups (broad SMARTS) is 1. The van der Waals surface area contributed by atoms with Crippen molar-refractivity contribution in [1.29, 1.82) is 0 Å². The first kappa shape index (κ1) is 27.7. The van der Waals surface area contributed by atoms with E-state index in [1.54, 1.807) is 23.5 Å². The predicted molar refractivity (Wildman–Crippen MR) is 131 cm³/mol. The Morgan fingerprint density at radius 3 is 2.50 bits per heavy atom. The zero-order valence-corrected chi connectivity index (χ0v) is 21.2. The van der Waals surface area contributed by atoms with Crippen molar-refractivity contribution in [2.75, 3.05) is 19.6 Å². The second kappa shape index (κ2) is 11.6. The van der Waals surface area contributed by atoms with Crippen molar-refractivity contribution in [3.63, 3.8) is 0 Å². The molecule has 1 aromatic carbocycles. The van der Waals surface area contributed by atoms with Crippen molar-refractivity contribution in [1.82, 2.24) is 25.0 Å². The largest absolute Gasteiger partial charge is 0.490 e. The number of nitrogens with one attached hydrogen (secondary N) is 1. The number of likely N-dealkylation sites (tertiary alicyclic amines) is 1. The number of amides is 1. The van der Waals surface area contributed by atoms with Crippen LogP contribution >= 0.6 is 11.3 Å². The number of benzene rings is 1. The first-order valence-corrected chi connectivity index (χ1v) is 12.9. The van der Waals surface area contributed by atoms with Gasteiger partial charge in [0.15, 0.2) is 0 Å². The summed E-state index contributed by atoms with van der Waals surface area (Å²) < 4.78 is 47.2. The van der Waals surface area contributed by atoms with Crippen molar-refractivity contribution in [3.05, 3.63) is 69.7 Å². The minimum absolute atomic E-state index is 0.143. The predicted octanol–water partition coefficient (Wildman–Crippen LogP) is 3.92. The normalized spacial score (nSPS) is 16.5. The molecule has 0 unspecified atom stereocenters. The summed E-state index contributed by atoms with van der Waals surface area (Å²) in [5.74, 6) is -1.73. The third-order valence-electron chi connectivity index (χ3n) is 6.75. The smallest absolute Gasteiger partial charge is 0.475 e. The van der Waals surface area contributed by atoms with Crippen LogP contribution < -0.4 is 5.32 Å². The molecule has 1 fully saturated rings. The molecule has 38 heavy (non-hydrogen) atoms. The molecule has 5 rings (SSSR count). The number of thiophene rings is 1. The summed E-state index contributed by atoms with van der Waals surface area (Å²) in [6.45, 7) is 4.12. The van der Waals surface area contributed by atoms with Crippen molar-refractivity contribution in [2.24, 2.45) is 5.41 Å². The van der Waals surface area contributed by atoms with Crippen LogP contribution in [0.15, 0.2) is 41.8 Å². The number of hydrogen-bond acceptors (Lipinski definition) is 6. The van der Waals surface area contributed by atoms with Gasteiger partial charge >= 0.3 is 12.1 Å². The van der Waals surface area contributed by atoms with E-state index >= 15 is 0 Å². The van der Waals surface area contributed by atoms with E-state index in [9.17, 15) is 22.4 Å². The Balaban J connectivity index is 0.000000426. The first-order valence-electron chi connectivity index (χ1n) is 12.0. The van der Waals surface area contributed by atoms with Gasteiger partial charge in [0, 0.05) is 30.9 Å². The third kappa shape index (κ3) is 6.95. The molecule has 1 spiro atoms. The van der Waals surface area contributed by atoms with Gasteiger partial charge in [-0.05, 0) is 66.9 Å². The van der Waals surface area contributed by atoms with Crippen LogP contribution in [-0.2, 0) is 30.7 Å². The number of carbonyl (C=O) groups is 2. The van der Waals surface area contributed by atoms with Gasteiger partial charge in [-0.25, -0.2) is 9.18 Å². The molecule has 3 aromatic rings. The Labute approximate surface area is 220 Å². The van der Waals surface area contributed by atoms with E-state index < -0.39 is 12.1 Å². The fourth-order valence-corrected chi connectivity index (χ4v) is 5.48. The third-order valence-corrected chi connectivity index (χ3v) is 7.68. The molecule has 8 nitrogen and oxygen atoms in total. The van der Waals surface area contributed by atoms with Gasteiger partial charge in [-0.1, -0.05) is 18.2 Å². The maximum absolute atomic E-state index is 13.5. The monoisotopic (exact) mass is 553 g/mol. The molecule has 2 aliphatic rings. The van der Waals surface area contributed by atoms with E-state index in [-0.39, 0.29) is 17.1 Å². The fourth-order valence-electron chi connectivity index (χ4n) is 4.77. The van der Waals surface area contributed by atoms with Crippen LogP contribution in [0.25, 0.3) is 0 Å². The molecule has 4 heterocycles. The highest BCUT2D eigenvalue weighted by Crippen LogP contribution is 2.41. The van der Waals surface area contributed by atoms with Crippen molar-refractivity contribution >= 4 is 23.2 Å². The highest BCUT2D eigenvalue weighted by atomic mass is 32.1. The van der Waals surface area contributed by atoms with Crippen LogP contribution in [0.5, 0.6) is 0 Å². The number of halogens is 4. The number of nitrogens with zero attached hydrogens (tertiary/aromatic N) is 4. The van der Waals surface area contributed by atoms with E-state index in [4.69, 9.17) is 9.90 Å². The molecular weight excluding hydrogens is 526 g/mol. The molecule has 0 bridgehead atoms. The van der Waals surface area contributed by atoms with Gasteiger partial charge in [0.25, 0.3) is 5.91 Å².